The number of fused-ring (bicyclic) bond motifs is 1. The van der Waals surface area contributed by atoms with Crippen molar-refractivity contribution in [2.75, 3.05) is 51.9 Å². The molecular weight excluding hydrogens is 370 g/mol. The highest BCUT2D eigenvalue weighted by molar-refractivity contribution is 5.77. The molecule has 1 unspecified atom stereocenters. The first-order chi connectivity index (χ1) is 14.2. The second-order valence-corrected chi connectivity index (χ2v) is 8.27. The zero-order valence-electron chi connectivity index (χ0n) is 17.4. The Morgan fingerprint density at radius 3 is 2.76 bits per heavy atom. The van der Waals surface area contributed by atoms with Crippen molar-refractivity contribution >= 4 is 23.0 Å². The van der Waals surface area contributed by atoms with Gasteiger partial charge in [-0.3, -0.25) is 4.79 Å². The lowest BCUT2D eigenvalue weighted by Crippen LogP contribution is -2.42. The summed E-state index contributed by atoms with van der Waals surface area (Å²) in [4.78, 5) is 21.7. The molecule has 1 atom stereocenters. The molecule has 7 nitrogen and oxygen atoms in total. The van der Waals surface area contributed by atoms with E-state index < -0.39 is 0 Å². The predicted molar refractivity (Wildman–Crippen MR) is 111 cm³/mol. The summed E-state index contributed by atoms with van der Waals surface area (Å²) in [6.07, 6.45) is 4.83. The average molecular weight is 402 g/mol. The molecule has 1 aromatic carbocycles. The number of anilines is 1. The zero-order valence-corrected chi connectivity index (χ0v) is 17.4. The Labute approximate surface area is 171 Å². The van der Waals surface area contributed by atoms with Gasteiger partial charge in [-0.05, 0) is 49.7 Å². The summed E-state index contributed by atoms with van der Waals surface area (Å²) in [6.45, 7) is 4.25. The van der Waals surface area contributed by atoms with Crippen LogP contribution in [0.4, 0.5) is 6.01 Å². The fourth-order valence-corrected chi connectivity index (χ4v) is 4.52. The number of hydrogen-bond donors (Lipinski definition) is 0. The fourth-order valence-electron chi connectivity index (χ4n) is 4.52. The number of piperidine rings is 2. The lowest BCUT2D eigenvalue weighted by Gasteiger charge is -2.35. The van der Waals surface area contributed by atoms with Crippen LogP contribution in [0, 0.1) is 11.8 Å². The minimum atomic E-state index is 0.287. The van der Waals surface area contributed by atoms with E-state index in [1.54, 1.807) is 14.2 Å². The number of benzene rings is 1. The maximum Gasteiger partial charge on any atom is 0.298 e. The highest BCUT2D eigenvalue weighted by Crippen LogP contribution is 2.30. The van der Waals surface area contributed by atoms with Crippen molar-refractivity contribution < 1.29 is 18.7 Å². The maximum atomic E-state index is 12.8. The van der Waals surface area contributed by atoms with Gasteiger partial charge in [-0.2, -0.15) is 4.98 Å². The highest BCUT2D eigenvalue weighted by atomic mass is 16.5. The van der Waals surface area contributed by atoms with Gasteiger partial charge >= 0.3 is 0 Å². The molecule has 2 aliphatic rings. The Morgan fingerprint density at radius 2 is 2.00 bits per heavy atom. The van der Waals surface area contributed by atoms with Gasteiger partial charge in [0.05, 0.1) is 7.11 Å². The molecule has 0 spiro atoms. The van der Waals surface area contributed by atoms with E-state index in [1.807, 2.05) is 23.1 Å². The standard InChI is InChI=1S/C22H31N3O4/c1-27-15-16-7-10-24(11-8-16)21(26)12-17-4-3-9-25(14-17)22-23-19-13-18(28-2)5-6-20(19)29-22/h5-6,13,16-17H,3-4,7-12,14-15H2,1-2H3. The number of carbonyl (C=O) groups is 1. The van der Waals surface area contributed by atoms with Crippen molar-refractivity contribution in [3.8, 4) is 5.75 Å². The molecule has 158 valence electrons. The van der Waals surface area contributed by atoms with Crippen molar-refractivity contribution in [2.24, 2.45) is 11.8 Å². The van der Waals surface area contributed by atoms with E-state index in [0.29, 0.717) is 24.3 Å². The molecule has 0 saturated carbocycles. The molecule has 1 aromatic heterocycles. The first-order valence-electron chi connectivity index (χ1n) is 10.6. The molecular formula is C22H31N3O4. The van der Waals surface area contributed by atoms with Crippen LogP contribution in [0.3, 0.4) is 0 Å². The van der Waals surface area contributed by atoms with Crippen LogP contribution in [0.5, 0.6) is 5.75 Å². The van der Waals surface area contributed by atoms with Crippen molar-refractivity contribution in [2.45, 2.75) is 32.1 Å². The molecule has 0 bridgehead atoms. The number of aromatic nitrogens is 1. The molecule has 0 N–H and O–H groups in total. The van der Waals surface area contributed by atoms with E-state index in [-0.39, 0.29) is 5.91 Å². The van der Waals surface area contributed by atoms with E-state index in [1.165, 1.54) is 0 Å². The Bertz CT molecular complexity index is 829. The molecule has 3 heterocycles. The Kier molecular flexibility index (Phi) is 6.23. The topological polar surface area (TPSA) is 68.0 Å². The van der Waals surface area contributed by atoms with Gasteiger partial charge in [0, 0.05) is 52.4 Å². The van der Waals surface area contributed by atoms with Crippen LogP contribution in [-0.2, 0) is 9.53 Å². The minimum Gasteiger partial charge on any atom is -0.497 e. The monoisotopic (exact) mass is 401 g/mol. The van der Waals surface area contributed by atoms with Crippen LogP contribution in [0.1, 0.15) is 32.1 Å². The number of hydrogen-bond acceptors (Lipinski definition) is 6. The van der Waals surface area contributed by atoms with Gasteiger partial charge in [0.1, 0.15) is 11.3 Å². The van der Waals surface area contributed by atoms with Crippen LogP contribution >= 0.6 is 0 Å². The van der Waals surface area contributed by atoms with Gasteiger partial charge in [-0.1, -0.05) is 0 Å². The summed E-state index contributed by atoms with van der Waals surface area (Å²) in [5.74, 6) is 1.99. The maximum absolute atomic E-state index is 12.8. The normalized spacial score (nSPS) is 21.0. The minimum absolute atomic E-state index is 0.287. The fraction of sp³-hybridized carbons (Fsp3) is 0.636. The molecule has 2 fully saturated rings. The van der Waals surface area contributed by atoms with Crippen LogP contribution in [0.25, 0.3) is 11.1 Å². The Balaban J connectivity index is 1.34. The summed E-state index contributed by atoms with van der Waals surface area (Å²) >= 11 is 0. The quantitative estimate of drug-likeness (QED) is 0.740. The van der Waals surface area contributed by atoms with Gasteiger partial charge < -0.3 is 23.7 Å². The number of carbonyl (C=O) groups excluding carboxylic acids is 1. The van der Waals surface area contributed by atoms with Gasteiger partial charge in [-0.15, -0.1) is 0 Å². The van der Waals surface area contributed by atoms with Gasteiger partial charge in [-0.25, -0.2) is 0 Å². The molecule has 4 rings (SSSR count). The van der Waals surface area contributed by atoms with E-state index >= 15 is 0 Å². The SMILES string of the molecule is COCC1CCN(C(=O)CC2CCCN(c3nc4cc(OC)ccc4o3)C2)CC1. The molecule has 2 aromatic rings. The summed E-state index contributed by atoms with van der Waals surface area (Å²) in [6, 6.07) is 6.31. The average Bonchev–Trinajstić information content (AvgIpc) is 3.18. The van der Waals surface area contributed by atoms with E-state index in [4.69, 9.17) is 13.9 Å². The summed E-state index contributed by atoms with van der Waals surface area (Å²) in [5, 5.41) is 0. The molecule has 2 saturated heterocycles. The molecule has 29 heavy (non-hydrogen) atoms. The van der Waals surface area contributed by atoms with Crippen molar-refractivity contribution in [3.05, 3.63) is 18.2 Å². The Morgan fingerprint density at radius 1 is 1.17 bits per heavy atom. The highest BCUT2D eigenvalue weighted by Gasteiger charge is 2.28. The molecule has 2 aliphatic heterocycles. The van der Waals surface area contributed by atoms with Crippen LogP contribution in [0.15, 0.2) is 22.6 Å². The Hall–Kier alpha value is -2.28. The molecule has 0 radical (unpaired) electrons. The van der Waals surface area contributed by atoms with Crippen LogP contribution in [0.2, 0.25) is 0 Å². The number of oxazole rings is 1. The molecule has 7 heteroatoms. The van der Waals surface area contributed by atoms with Crippen molar-refractivity contribution in [1.29, 1.82) is 0 Å². The number of ether oxygens (including phenoxy) is 2. The predicted octanol–water partition coefficient (Wildman–Crippen LogP) is 3.33. The number of nitrogens with zero attached hydrogens (tertiary/aromatic N) is 3. The summed E-state index contributed by atoms with van der Waals surface area (Å²) < 4.78 is 16.5. The number of amides is 1. The lowest BCUT2D eigenvalue weighted by atomic mass is 9.93. The third-order valence-corrected chi connectivity index (χ3v) is 6.21. The number of likely N-dealkylation sites (tertiary alicyclic amines) is 1. The van der Waals surface area contributed by atoms with Crippen molar-refractivity contribution in [3.63, 3.8) is 0 Å². The second-order valence-electron chi connectivity index (χ2n) is 8.27. The summed E-state index contributed by atoms with van der Waals surface area (Å²) in [7, 11) is 3.40. The third kappa shape index (κ3) is 4.66. The van der Waals surface area contributed by atoms with Gasteiger partial charge in [0.2, 0.25) is 5.91 Å². The first-order valence-corrected chi connectivity index (χ1v) is 10.6. The van der Waals surface area contributed by atoms with Gasteiger partial charge in [0.25, 0.3) is 6.01 Å². The van der Waals surface area contributed by atoms with Crippen LogP contribution in [-0.4, -0.2) is 62.8 Å². The van der Waals surface area contributed by atoms with E-state index in [2.05, 4.69) is 9.88 Å². The van der Waals surface area contributed by atoms with Crippen molar-refractivity contribution in [1.82, 2.24) is 9.88 Å². The largest absolute Gasteiger partial charge is 0.497 e. The number of methoxy groups -OCH3 is 2. The molecule has 0 aliphatic carbocycles. The lowest BCUT2D eigenvalue weighted by molar-refractivity contribution is -0.133. The third-order valence-electron chi connectivity index (χ3n) is 6.21. The summed E-state index contributed by atoms with van der Waals surface area (Å²) in [5.41, 5.74) is 1.56. The smallest absolute Gasteiger partial charge is 0.298 e. The van der Waals surface area contributed by atoms with Crippen LogP contribution < -0.4 is 9.64 Å². The number of rotatable bonds is 6. The van der Waals surface area contributed by atoms with E-state index in [9.17, 15) is 4.79 Å². The first kappa shape index (κ1) is 20.0. The van der Waals surface area contributed by atoms with Gasteiger partial charge in [0.15, 0.2) is 5.58 Å². The second kappa shape index (κ2) is 9.03. The zero-order chi connectivity index (χ0) is 20.2. The van der Waals surface area contributed by atoms with E-state index in [0.717, 1.165) is 75.3 Å². The molecule has 1 amide bonds.